The van der Waals surface area contributed by atoms with Crippen LogP contribution in [0.15, 0.2) is 113 Å². The van der Waals surface area contributed by atoms with Crippen LogP contribution in [0.1, 0.15) is 48.0 Å². The van der Waals surface area contributed by atoms with Crippen LogP contribution in [-0.2, 0) is 15.6 Å². The molecule has 1 atom stereocenters. The van der Waals surface area contributed by atoms with Gasteiger partial charge in [0, 0.05) is 47.1 Å². The first-order valence-corrected chi connectivity index (χ1v) is 19.5. The van der Waals surface area contributed by atoms with Crippen molar-refractivity contribution in [2.75, 3.05) is 49.7 Å². The lowest BCUT2D eigenvalue weighted by Gasteiger charge is -2.39. The van der Waals surface area contributed by atoms with E-state index in [1.54, 1.807) is 36.0 Å². The molecule has 4 aromatic carbocycles. The Morgan fingerprint density at radius 2 is 1.61 bits per heavy atom. The summed E-state index contributed by atoms with van der Waals surface area (Å²) in [5.41, 5.74) is 0.791. The molecule has 0 radical (unpaired) electrons. The molecule has 51 heavy (non-hydrogen) atoms. The minimum Gasteiger partial charge on any atom is -0.385 e. The number of nitrogens with zero attached hydrogens (tertiary/aromatic N) is 3. The quantitative estimate of drug-likeness (QED) is 0.0505. The third kappa shape index (κ3) is 10.3. The van der Waals surface area contributed by atoms with Crippen molar-refractivity contribution < 1.29 is 23.2 Å². The van der Waals surface area contributed by atoms with E-state index in [-0.39, 0.29) is 22.2 Å². The predicted molar refractivity (Wildman–Crippen MR) is 203 cm³/mol. The van der Waals surface area contributed by atoms with Gasteiger partial charge < -0.3 is 20.2 Å². The van der Waals surface area contributed by atoms with E-state index in [1.165, 1.54) is 12.1 Å². The minimum atomic E-state index is -4.43. The van der Waals surface area contributed by atoms with Gasteiger partial charge in [-0.05, 0) is 100 Å². The number of sulfonamides is 1. The Labute approximate surface area is 304 Å². The Kier molecular flexibility index (Phi) is 12.7. The van der Waals surface area contributed by atoms with Gasteiger partial charge in [-0.25, -0.2) is 13.1 Å². The van der Waals surface area contributed by atoms with Crippen LogP contribution < -0.4 is 14.9 Å². The molecule has 11 nitrogen and oxygen atoms in total. The molecule has 0 bridgehead atoms. The van der Waals surface area contributed by atoms with Gasteiger partial charge in [-0.2, -0.15) is 0 Å². The maximum atomic E-state index is 13.3. The van der Waals surface area contributed by atoms with E-state index in [0.717, 1.165) is 48.0 Å². The largest absolute Gasteiger partial charge is 0.385 e. The summed E-state index contributed by atoms with van der Waals surface area (Å²) < 4.78 is 28.6. The second kappa shape index (κ2) is 17.2. The van der Waals surface area contributed by atoms with Gasteiger partial charge in [0.25, 0.3) is 21.6 Å². The van der Waals surface area contributed by atoms with Crippen molar-refractivity contribution in [2.24, 2.45) is 0 Å². The van der Waals surface area contributed by atoms with Gasteiger partial charge in [-0.15, -0.1) is 11.8 Å². The number of hydrogen-bond donors (Lipinski definition) is 3. The second-order valence-corrected chi connectivity index (χ2v) is 15.8. The van der Waals surface area contributed by atoms with Crippen LogP contribution in [0.25, 0.3) is 0 Å². The highest BCUT2D eigenvalue weighted by atomic mass is 32.2. The summed E-state index contributed by atoms with van der Waals surface area (Å²) in [4.78, 5) is 29.5. The average molecular weight is 732 g/mol. The van der Waals surface area contributed by atoms with Crippen LogP contribution in [0, 0.1) is 10.1 Å². The molecule has 1 saturated heterocycles. The number of benzene rings is 4. The van der Waals surface area contributed by atoms with E-state index in [9.17, 15) is 28.4 Å². The fourth-order valence-electron chi connectivity index (χ4n) is 6.14. The lowest BCUT2D eigenvalue weighted by molar-refractivity contribution is -0.384. The number of piperidine rings is 1. The zero-order valence-corrected chi connectivity index (χ0v) is 30.5. The van der Waals surface area contributed by atoms with Crippen molar-refractivity contribution in [3.05, 3.63) is 124 Å². The standard InChI is InChI=1S/C38H45N5O6S2/c1-41(2)24-10-9-13-31(28-50-33-14-7-4-8-15-33)39-35-21-20-34(27-36(35)43(46)47)51(48,49)40-37(44)29-16-18-32(19-17-29)42-25-22-38(45,23-26-42)30-11-5-3-6-12-30/h3-8,11-12,14-21,27,31,39,45H,9-10,13,22-26,28H2,1-2H3,(H,40,44)/t31-/m1/s1. The molecule has 1 aliphatic heterocycles. The molecule has 13 heteroatoms. The van der Waals surface area contributed by atoms with E-state index in [1.807, 2.05) is 74.8 Å². The van der Waals surface area contributed by atoms with Crippen LogP contribution in [0.5, 0.6) is 0 Å². The van der Waals surface area contributed by atoms with E-state index >= 15 is 0 Å². The molecule has 1 amide bonds. The lowest BCUT2D eigenvalue weighted by atomic mass is 9.84. The number of nitro groups is 1. The molecule has 1 heterocycles. The number of unbranched alkanes of at least 4 members (excludes halogenated alkanes) is 1. The van der Waals surface area contributed by atoms with E-state index in [2.05, 4.69) is 19.8 Å². The molecule has 5 rings (SSSR count). The highest BCUT2D eigenvalue weighted by Gasteiger charge is 2.34. The van der Waals surface area contributed by atoms with Gasteiger partial charge in [0.1, 0.15) is 5.69 Å². The molecule has 3 N–H and O–H groups in total. The van der Waals surface area contributed by atoms with Gasteiger partial charge in [-0.1, -0.05) is 55.0 Å². The summed E-state index contributed by atoms with van der Waals surface area (Å²) in [6, 6.07) is 29.6. The highest BCUT2D eigenvalue weighted by molar-refractivity contribution is 7.99. The lowest BCUT2D eigenvalue weighted by Crippen LogP contribution is -2.42. The highest BCUT2D eigenvalue weighted by Crippen LogP contribution is 2.35. The SMILES string of the molecule is CN(C)CCCC[C@H](CSc1ccccc1)Nc1ccc(S(=O)(=O)NC(=O)c2ccc(N3CCC(O)(c4ccccc4)CC3)cc2)cc1[N+](=O)[O-]. The first kappa shape index (κ1) is 37.8. The third-order valence-corrected chi connectivity index (χ3v) is 11.6. The van der Waals surface area contributed by atoms with Crippen LogP contribution >= 0.6 is 11.8 Å². The van der Waals surface area contributed by atoms with Crippen molar-refractivity contribution in [1.29, 1.82) is 0 Å². The van der Waals surface area contributed by atoms with Crippen molar-refractivity contribution in [1.82, 2.24) is 9.62 Å². The molecule has 270 valence electrons. The van der Waals surface area contributed by atoms with Crippen LogP contribution in [0.2, 0.25) is 0 Å². The van der Waals surface area contributed by atoms with Crippen LogP contribution in [0.4, 0.5) is 17.1 Å². The Hall–Kier alpha value is -4.43. The molecule has 1 aliphatic rings. The summed E-state index contributed by atoms with van der Waals surface area (Å²) in [6.07, 6.45) is 3.74. The molecule has 1 fully saturated rings. The normalized spacial score (nSPS) is 14.9. The Bertz CT molecular complexity index is 1870. The zero-order valence-electron chi connectivity index (χ0n) is 28.9. The molecule has 0 aromatic heterocycles. The molecule has 0 saturated carbocycles. The Morgan fingerprint density at radius 1 is 0.961 bits per heavy atom. The summed E-state index contributed by atoms with van der Waals surface area (Å²) in [6.45, 7) is 2.15. The number of anilines is 2. The molecule has 0 unspecified atom stereocenters. The van der Waals surface area contributed by atoms with E-state index in [0.29, 0.717) is 31.7 Å². The van der Waals surface area contributed by atoms with Gasteiger partial charge in [-0.3, -0.25) is 14.9 Å². The summed E-state index contributed by atoms with van der Waals surface area (Å²) in [5.74, 6) is -0.190. The van der Waals surface area contributed by atoms with Crippen LogP contribution in [-0.4, -0.2) is 74.8 Å². The predicted octanol–water partition coefficient (Wildman–Crippen LogP) is 6.51. The minimum absolute atomic E-state index is 0.110. The van der Waals surface area contributed by atoms with Gasteiger partial charge >= 0.3 is 0 Å². The number of aliphatic hydroxyl groups is 1. The van der Waals surface area contributed by atoms with E-state index in [4.69, 9.17) is 0 Å². The fraction of sp³-hybridized carbons (Fsp3) is 0.342. The molecular formula is C38H45N5O6S2. The number of nitrogens with one attached hydrogen (secondary N) is 2. The Balaban J connectivity index is 1.23. The zero-order chi connectivity index (χ0) is 36.4. The maximum absolute atomic E-state index is 13.3. The third-order valence-electron chi connectivity index (χ3n) is 9.06. The summed E-state index contributed by atoms with van der Waals surface area (Å²) in [5, 5.41) is 26.6. The number of nitro benzene ring substituents is 1. The van der Waals surface area contributed by atoms with E-state index < -0.39 is 32.1 Å². The van der Waals surface area contributed by atoms with Crippen molar-refractivity contribution >= 4 is 44.8 Å². The molecule has 0 spiro atoms. The second-order valence-electron chi connectivity index (χ2n) is 13.1. The smallest absolute Gasteiger partial charge is 0.293 e. The number of carbonyl (C=O) groups excluding carboxylic acids is 1. The molecular weight excluding hydrogens is 687 g/mol. The first-order chi connectivity index (χ1) is 24.4. The Morgan fingerprint density at radius 3 is 2.24 bits per heavy atom. The summed E-state index contributed by atoms with van der Waals surface area (Å²) >= 11 is 1.65. The molecule has 0 aliphatic carbocycles. The summed E-state index contributed by atoms with van der Waals surface area (Å²) in [7, 11) is -0.397. The number of amides is 1. The number of rotatable bonds is 16. The average Bonchev–Trinajstić information content (AvgIpc) is 3.13. The van der Waals surface area contributed by atoms with Crippen LogP contribution in [0.3, 0.4) is 0 Å². The van der Waals surface area contributed by atoms with Gasteiger partial charge in [0.2, 0.25) is 0 Å². The topological polar surface area (TPSA) is 145 Å². The first-order valence-electron chi connectivity index (χ1n) is 17.0. The van der Waals surface area contributed by atoms with Crippen molar-refractivity contribution in [3.63, 3.8) is 0 Å². The van der Waals surface area contributed by atoms with Crippen molar-refractivity contribution in [2.45, 2.75) is 53.5 Å². The maximum Gasteiger partial charge on any atom is 0.293 e. The number of thioether (sulfide) groups is 1. The fourth-order valence-corrected chi connectivity index (χ4v) is 8.12. The molecule has 4 aromatic rings. The number of hydrogen-bond acceptors (Lipinski definition) is 10. The van der Waals surface area contributed by atoms with Gasteiger partial charge in [0.05, 0.1) is 15.4 Å². The van der Waals surface area contributed by atoms with Gasteiger partial charge in [0.15, 0.2) is 0 Å². The number of carbonyl (C=O) groups is 1. The van der Waals surface area contributed by atoms with Crippen molar-refractivity contribution in [3.8, 4) is 0 Å². The monoisotopic (exact) mass is 731 g/mol.